The number of benzene rings is 1. The molecule has 0 radical (unpaired) electrons. The van der Waals surface area contributed by atoms with Gasteiger partial charge in [-0.25, -0.2) is 4.79 Å². The molecule has 25 heavy (non-hydrogen) atoms. The number of nitrogens with zero attached hydrogens (tertiary/aromatic N) is 2. The Morgan fingerprint density at radius 3 is 2.64 bits per heavy atom. The maximum absolute atomic E-state index is 11.7. The molecule has 0 unspecified atom stereocenters. The number of nitrogens with one attached hydrogen (secondary N) is 1. The zero-order valence-corrected chi connectivity index (χ0v) is 15.5. The van der Waals surface area contributed by atoms with Gasteiger partial charge >= 0.3 is 5.97 Å². The van der Waals surface area contributed by atoms with E-state index in [0.29, 0.717) is 25.3 Å². The smallest absolute Gasteiger partial charge is 0.338 e. The van der Waals surface area contributed by atoms with Crippen LogP contribution in [0.3, 0.4) is 0 Å². The Morgan fingerprint density at radius 1 is 1.32 bits per heavy atom. The van der Waals surface area contributed by atoms with Crippen LogP contribution in [0.5, 0.6) is 0 Å². The number of ether oxygens (including phenoxy) is 2. The Morgan fingerprint density at radius 2 is 2.04 bits per heavy atom. The van der Waals surface area contributed by atoms with Gasteiger partial charge in [-0.2, -0.15) is 0 Å². The van der Waals surface area contributed by atoms with Gasteiger partial charge in [0.25, 0.3) is 0 Å². The van der Waals surface area contributed by atoms with Crippen LogP contribution in [0.4, 0.5) is 0 Å². The van der Waals surface area contributed by atoms with Crippen LogP contribution in [0.1, 0.15) is 35.7 Å². The van der Waals surface area contributed by atoms with Gasteiger partial charge < -0.3 is 19.7 Å². The minimum Gasteiger partial charge on any atom is -0.462 e. The summed E-state index contributed by atoms with van der Waals surface area (Å²) in [7, 11) is 3.77. The highest BCUT2D eigenvalue weighted by molar-refractivity contribution is 5.89. The van der Waals surface area contributed by atoms with Crippen molar-refractivity contribution in [2.75, 3.05) is 40.5 Å². The van der Waals surface area contributed by atoms with Crippen LogP contribution < -0.4 is 5.32 Å². The van der Waals surface area contributed by atoms with Crippen molar-refractivity contribution in [3.8, 4) is 0 Å². The van der Waals surface area contributed by atoms with Crippen LogP contribution in [0.2, 0.25) is 0 Å². The standard InChI is InChI=1S/C19H29N3O3/c1-4-25-18(23)17-9-7-15(8-10-17)13-21-19(20-2)22(3)11-12-24-14-16-5-6-16/h7-10,16H,4-6,11-14H2,1-3H3,(H,20,21). The third-order valence-corrected chi connectivity index (χ3v) is 4.11. The van der Waals surface area contributed by atoms with E-state index < -0.39 is 0 Å². The molecule has 1 aromatic rings. The van der Waals surface area contributed by atoms with Gasteiger partial charge in [-0.3, -0.25) is 4.99 Å². The monoisotopic (exact) mass is 347 g/mol. The van der Waals surface area contributed by atoms with Crippen molar-refractivity contribution in [3.63, 3.8) is 0 Å². The molecule has 0 aromatic heterocycles. The van der Waals surface area contributed by atoms with Crippen molar-refractivity contribution in [1.82, 2.24) is 10.2 Å². The number of rotatable bonds is 9. The lowest BCUT2D eigenvalue weighted by molar-refractivity contribution is 0.0526. The van der Waals surface area contributed by atoms with E-state index in [1.54, 1.807) is 26.1 Å². The number of guanidine groups is 1. The number of carbonyl (C=O) groups is 1. The first-order chi connectivity index (χ1) is 12.1. The molecule has 0 heterocycles. The summed E-state index contributed by atoms with van der Waals surface area (Å²) in [5.41, 5.74) is 1.65. The third-order valence-electron chi connectivity index (χ3n) is 4.11. The van der Waals surface area contributed by atoms with Crippen molar-refractivity contribution in [3.05, 3.63) is 35.4 Å². The van der Waals surface area contributed by atoms with E-state index in [4.69, 9.17) is 9.47 Å². The van der Waals surface area contributed by atoms with Crippen molar-refractivity contribution >= 4 is 11.9 Å². The molecular weight excluding hydrogens is 318 g/mol. The molecule has 1 aromatic carbocycles. The van der Waals surface area contributed by atoms with Gasteiger partial charge in [0.2, 0.25) is 0 Å². The average molecular weight is 347 g/mol. The van der Waals surface area contributed by atoms with E-state index in [9.17, 15) is 4.79 Å². The van der Waals surface area contributed by atoms with Crippen molar-refractivity contribution in [2.45, 2.75) is 26.3 Å². The molecule has 1 aliphatic carbocycles. The van der Waals surface area contributed by atoms with E-state index in [-0.39, 0.29) is 5.97 Å². The highest BCUT2D eigenvalue weighted by Gasteiger charge is 2.21. The second kappa shape index (κ2) is 10.0. The normalized spacial score (nSPS) is 14.3. The third kappa shape index (κ3) is 6.74. The zero-order valence-electron chi connectivity index (χ0n) is 15.5. The Labute approximate surface area is 150 Å². The SMILES string of the molecule is CCOC(=O)c1ccc(CNC(=NC)N(C)CCOCC2CC2)cc1. The van der Waals surface area contributed by atoms with Crippen molar-refractivity contribution < 1.29 is 14.3 Å². The molecular formula is C19H29N3O3. The van der Waals surface area contributed by atoms with E-state index >= 15 is 0 Å². The summed E-state index contributed by atoms with van der Waals surface area (Å²) in [5, 5.41) is 3.33. The van der Waals surface area contributed by atoms with Crippen LogP contribution in [0.15, 0.2) is 29.3 Å². The summed E-state index contributed by atoms with van der Waals surface area (Å²) in [6.07, 6.45) is 2.63. The van der Waals surface area contributed by atoms with Gasteiger partial charge in [0.1, 0.15) is 0 Å². The maximum atomic E-state index is 11.7. The molecule has 6 heteroatoms. The summed E-state index contributed by atoms with van der Waals surface area (Å²) in [5.74, 6) is 1.33. The molecule has 0 amide bonds. The van der Waals surface area contributed by atoms with Crippen molar-refractivity contribution in [2.24, 2.45) is 10.9 Å². The van der Waals surface area contributed by atoms with E-state index in [1.807, 2.05) is 19.2 Å². The second-order valence-electron chi connectivity index (χ2n) is 6.26. The molecule has 1 fully saturated rings. The molecule has 0 atom stereocenters. The number of aliphatic imine (C=N–C) groups is 1. The first-order valence-electron chi connectivity index (χ1n) is 8.89. The predicted octanol–water partition coefficient (Wildman–Crippen LogP) is 2.30. The summed E-state index contributed by atoms with van der Waals surface area (Å²) in [4.78, 5) is 18.0. The lowest BCUT2D eigenvalue weighted by Gasteiger charge is -2.22. The van der Waals surface area contributed by atoms with Crippen LogP contribution in [-0.2, 0) is 16.0 Å². The molecule has 1 N–H and O–H groups in total. The summed E-state index contributed by atoms with van der Waals surface area (Å²) >= 11 is 0. The molecule has 0 spiro atoms. The van der Waals surface area contributed by atoms with Gasteiger partial charge in [0, 0.05) is 33.8 Å². The quantitative estimate of drug-likeness (QED) is 0.321. The fraction of sp³-hybridized carbons (Fsp3) is 0.579. The number of carbonyl (C=O) groups excluding carboxylic acids is 1. The van der Waals surface area contributed by atoms with Gasteiger partial charge in [0.05, 0.1) is 18.8 Å². The molecule has 6 nitrogen and oxygen atoms in total. The van der Waals surface area contributed by atoms with Crippen molar-refractivity contribution in [1.29, 1.82) is 0 Å². The number of likely N-dealkylation sites (N-methyl/N-ethyl adjacent to an activating group) is 1. The maximum Gasteiger partial charge on any atom is 0.338 e. The second-order valence-corrected chi connectivity index (χ2v) is 6.26. The minimum absolute atomic E-state index is 0.288. The average Bonchev–Trinajstić information content (AvgIpc) is 3.44. The predicted molar refractivity (Wildman–Crippen MR) is 98.8 cm³/mol. The largest absolute Gasteiger partial charge is 0.462 e. The Bertz CT molecular complexity index is 568. The van der Waals surface area contributed by atoms with Gasteiger partial charge in [-0.1, -0.05) is 12.1 Å². The van der Waals surface area contributed by atoms with E-state index in [2.05, 4.69) is 15.2 Å². The highest BCUT2D eigenvalue weighted by Crippen LogP contribution is 2.28. The summed E-state index contributed by atoms with van der Waals surface area (Å²) in [6, 6.07) is 7.41. The molecule has 1 aliphatic rings. The van der Waals surface area contributed by atoms with Crippen LogP contribution in [-0.4, -0.2) is 57.3 Å². The molecule has 1 saturated carbocycles. The van der Waals surface area contributed by atoms with Gasteiger partial charge in [0.15, 0.2) is 5.96 Å². The van der Waals surface area contributed by atoms with Crippen LogP contribution in [0.25, 0.3) is 0 Å². The highest BCUT2D eigenvalue weighted by atomic mass is 16.5. The Balaban J connectivity index is 1.74. The molecule has 0 aliphatic heterocycles. The van der Waals surface area contributed by atoms with Crippen LogP contribution >= 0.6 is 0 Å². The number of hydrogen-bond donors (Lipinski definition) is 1. The fourth-order valence-corrected chi connectivity index (χ4v) is 2.38. The lowest BCUT2D eigenvalue weighted by Crippen LogP contribution is -2.40. The first kappa shape index (κ1) is 19.2. The fourth-order valence-electron chi connectivity index (χ4n) is 2.38. The Hall–Kier alpha value is -2.08. The van der Waals surface area contributed by atoms with E-state index in [1.165, 1.54) is 12.8 Å². The van der Waals surface area contributed by atoms with Gasteiger partial charge in [-0.05, 0) is 43.4 Å². The molecule has 138 valence electrons. The lowest BCUT2D eigenvalue weighted by atomic mass is 10.1. The topological polar surface area (TPSA) is 63.2 Å². The number of esters is 1. The summed E-state index contributed by atoms with van der Waals surface area (Å²) in [6.45, 7) is 5.22. The molecule has 2 rings (SSSR count). The molecule has 0 saturated heterocycles. The first-order valence-corrected chi connectivity index (χ1v) is 8.89. The van der Waals surface area contributed by atoms with E-state index in [0.717, 1.165) is 30.6 Å². The zero-order chi connectivity index (χ0) is 18.1. The summed E-state index contributed by atoms with van der Waals surface area (Å²) < 4.78 is 10.7. The minimum atomic E-state index is -0.288. The van der Waals surface area contributed by atoms with Gasteiger partial charge in [-0.15, -0.1) is 0 Å². The number of hydrogen-bond acceptors (Lipinski definition) is 4. The van der Waals surface area contributed by atoms with Crippen LogP contribution in [0, 0.1) is 5.92 Å². The Kier molecular flexibility index (Phi) is 7.73. The molecule has 0 bridgehead atoms.